The minimum Gasteiger partial charge on any atom is -0.311 e. The van der Waals surface area contributed by atoms with Gasteiger partial charge in [0.2, 0.25) is 0 Å². The molecular formula is C16H28N2S. The second kappa shape index (κ2) is 6.85. The lowest BCUT2D eigenvalue weighted by atomic mass is 9.78. The number of hydrogen-bond acceptors (Lipinski definition) is 3. The number of aryl methyl sites for hydroxylation is 1. The van der Waals surface area contributed by atoms with Crippen LogP contribution < -0.4 is 5.32 Å². The summed E-state index contributed by atoms with van der Waals surface area (Å²) in [4.78, 5) is 4.63. The first-order chi connectivity index (χ1) is 9.13. The maximum Gasteiger partial charge on any atom is 0.0926 e. The van der Waals surface area contributed by atoms with Gasteiger partial charge >= 0.3 is 0 Å². The number of nitrogens with zero attached hydrogens (tertiary/aromatic N) is 1. The molecule has 0 bridgehead atoms. The largest absolute Gasteiger partial charge is 0.311 e. The summed E-state index contributed by atoms with van der Waals surface area (Å²) in [5.74, 6) is 0.811. The Hall–Kier alpha value is -0.410. The molecule has 1 N–H and O–H groups in total. The van der Waals surface area contributed by atoms with E-state index in [1.807, 2.05) is 0 Å². The standard InChI is InChI=1S/C16H28N2S/c1-4-15-18-14(11-19-15)10-17-12-16(9-13(2)3)7-5-6-8-16/h11,13,17H,4-10,12H2,1-3H3. The Morgan fingerprint density at radius 3 is 2.68 bits per heavy atom. The van der Waals surface area contributed by atoms with Gasteiger partial charge in [0.25, 0.3) is 0 Å². The van der Waals surface area contributed by atoms with Crippen LogP contribution in [0.4, 0.5) is 0 Å². The lowest BCUT2D eigenvalue weighted by Crippen LogP contribution is -2.33. The molecule has 0 radical (unpaired) electrons. The second-order valence-corrected chi connectivity index (χ2v) is 7.44. The summed E-state index contributed by atoms with van der Waals surface area (Å²) in [6, 6.07) is 0. The molecule has 0 amide bonds. The average Bonchev–Trinajstić information content (AvgIpc) is 2.98. The van der Waals surface area contributed by atoms with Crippen LogP contribution >= 0.6 is 11.3 Å². The van der Waals surface area contributed by atoms with E-state index in [4.69, 9.17) is 0 Å². The number of thiazole rings is 1. The topological polar surface area (TPSA) is 24.9 Å². The highest BCUT2D eigenvalue weighted by Gasteiger charge is 2.33. The fraction of sp³-hybridized carbons (Fsp3) is 0.812. The van der Waals surface area contributed by atoms with Crippen molar-refractivity contribution in [3.8, 4) is 0 Å². The van der Waals surface area contributed by atoms with Gasteiger partial charge in [-0.15, -0.1) is 11.3 Å². The van der Waals surface area contributed by atoms with Crippen LogP contribution in [0.3, 0.4) is 0 Å². The summed E-state index contributed by atoms with van der Waals surface area (Å²) >= 11 is 1.79. The van der Waals surface area contributed by atoms with Crippen molar-refractivity contribution in [2.45, 2.75) is 65.8 Å². The molecule has 1 fully saturated rings. The summed E-state index contributed by atoms with van der Waals surface area (Å²) < 4.78 is 0. The fourth-order valence-corrected chi connectivity index (χ4v) is 4.24. The van der Waals surface area contributed by atoms with Crippen LogP contribution in [-0.2, 0) is 13.0 Å². The van der Waals surface area contributed by atoms with Crippen molar-refractivity contribution in [2.75, 3.05) is 6.54 Å². The Morgan fingerprint density at radius 2 is 2.11 bits per heavy atom. The zero-order chi connectivity index (χ0) is 13.7. The van der Waals surface area contributed by atoms with Crippen molar-refractivity contribution >= 4 is 11.3 Å². The van der Waals surface area contributed by atoms with Crippen molar-refractivity contribution in [3.63, 3.8) is 0 Å². The number of rotatable bonds is 7. The summed E-state index contributed by atoms with van der Waals surface area (Å²) in [6.45, 7) is 8.99. The van der Waals surface area contributed by atoms with Crippen molar-refractivity contribution in [2.24, 2.45) is 11.3 Å². The average molecular weight is 280 g/mol. The van der Waals surface area contributed by atoms with E-state index in [-0.39, 0.29) is 0 Å². The van der Waals surface area contributed by atoms with Crippen molar-refractivity contribution in [3.05, 3.63) is 16.1 Å². The molecule has 0 aromatic carbocycles. The number of nitrogens with one attached hydrogen (secondary N) is 1. The lowest BCUT2D eigenvalue weighted by molar-refractivity contribution is 0.223. The van der Waals surface area contributed by atoms with Crippen LogP contribution in [-0.4, -0.2) is 11.5 Å². The van der Waals surface area contributed by atoms with E-state index in [2.05, 4.69) is 36.5 Å². The van der Waals surface area contributed by atoms with Gasteiger partial charge in [-0.1, -0.05) is 33.6 Å². The molecule has 1 aliphatic carbocycles. The highest BCUT2D eigenvalue weighted by Crippen LogP contribution is 2.42. The third kappa shape index (κ3) is 4.28. The molecule has 2 rings (SSSR count). The predicted octanol–water partition coefficient (Wildman–Crippen LogP) is 4.40. The van der Waals surface area contributed by atoms with Crippen molar-refractivity contribution < 1.29 is 0 Å². The molecule has 3 heteroatoms. The molecule has 0 aliphatic heterocycles. The molecule has 0 atom stereocenters. The van der Waals surface area contributed by atoms with E-state index >= 15 is 0 Å². The zero-order valence-electron chi connectivity index (χ0n) is 12.7. The first-order valence-electron chi connectivity index (χ1n) is 7.77. The summed E-state index contributed by atoms with van der Waals surface area (Å²) in [7, 11) is 0. The van der Waals surface area contributed by atoms with Crippen molar-refractivity contribution in [1.82, 2.24) is 10.3 Å². The molecule has 0 spiro atoms. The van der Waals surface area contributed by atoms with Gasteiger partial charge in [0.15, 0.2) is 0 Å². The van der Waals surface area contributed by atoms with Gasteiger partial charge in [0.1, 0.15) is 0 Å². The minimum atomic E-state index is 0.567. The molecule has 0 unspecified atom stereocenters. The molecule has 1 aromatic rings. The highest BCUT2D eigenvalue weighted by atomic mass is 32.1. The molecular weight excluding hydrogens is 252 g/mol. The predicted molar refractivity (Wildman–Crippen MR) is 83.6 cm³/mol. The number of aromatic nitrogens is 1. The maximum atomic E-state index is 4.63. The highest BCUT2D eigenvalue weighted by molar-refractivity contribution is 7.09. The SMILES string of the molecule is CCc1nc(CNCC2(CC(C)C)CCCC2)cs1. The Kier molecular flexibility index (Phi) is 5.40. The van der Waals surface area contributed by atoms with Gasteiger partial charge in [0, 0.05) is 18.5 Å². The first kappa shape index (κ1) is 15.0. The van der Waals surface area contributed by atoms with Crippen LogP contribution in [0.25, 0.3) is 0 Å². The van der Waals surface area contributed by atoms with Crippen molar-refractivity contribution in [1.29, 1.82) is 0 Å². The molecule has 1 heterocycles. The van der Waals surface area contributed by atoms with Crippen LogP contribution in [0.15, 0.2) is 5.38 Å². The van der Waals surface area contributed by atoms with E-state index in [0.717, 1.165) is 18.9 Å². The quantitative estimate of drug-likeness (QED) is 0.800. The van der Waals surface area contributed by atoms with Gasteiger partial charge in [-0.25, -0.2) is 4.98 Å². The molecule has 108 valence electrons. The van der Waals surface area contributed by atoms with Gasteiger partial charge in [-0.3, -0.25) is 0 Å². The van der Waals surface area contributed by atoms with E-state index < -0.39 is 0 Å². The van der Waals surface area contributed by atoms with E-state index in [9.17, 15) is 0 Å². The lowest BCUT2D eigenvalue weighted by Gasteiger charge is -2.31. The molecule has 1 saturated carbocycles. The molecule has 1 aromatic heterocycles. The van der Waals surface area contributed by atoms with Crippen LogP contribution in [0, 0.1) is 11.3 Å². The van der Waals surface area contributed by atoms with Crippen LogP contribution in [0.1, 0.15) is 63.6 Å². The summed E-state index contributed by atoms with van der Waals surface area (Å²) in [6.07, 6.45) is 8.10. The van der Waals surface area contributed by atoms with E-state index in [1.165, 1.54) is 49.4 Å². The Labute approximate surface area is 122 Å². The second-order valence-electron chi connectivity index (χ2n) is 6.49. The summed E-state index contributed by atoms with van der Waals surface area (Å²) in [5.41, 5.74) is 1.79. The Morgan fingerprint density at radius 1 is 1.37 bits per heavy atom. The van der Waals surface area contributed by atoms with Gasteiger partial charge in [-0.2, -0.15) is 0 Å². The van der Waals surface area contributed by atoms with Crippen LogP contribution in [0.5, 0.6) is 0 Å². The van der Waals surface area contributed by atoms with Gasteiger partial charge in [0.05, 0.1) is 10.7 Å². The monoisotopic (exact) mass is 280 g/mol. The van der Waals surface area contributed by atoms with Gasteiger partial charge in [-0.05, 0) is 37.0 Å². The summed E-state index contributed by atoms with van der Waals surface area (Å²) in [5, 5.41) is 7.13. The smallest absolute Gasteiger partial charge is 0.0926 e. The molecule has 2 nitrogen and oxygen atoms in total. The third-order valence-electron chi connectivity index (χ3n) is 4.21. The minimum absolute atomic E-state index is 0.567. The number of hydrogen-bond donors (Lipinski definition) is 1. The van der Waals surface area contributed by atoms with Gasteiger partial charge < -0.3 is 5.32 Å². The maximum absolute atomic E-state index is 4.63. The molecule has 19 heavy (non-hydrogen) atoms. The Bertz CT molecular complexity index is 378. The Balaban J connectivity index is 1.82. The van der Waals surface area contributed by atoms with Crippen LogP contribution in [0.2, 0.25) is 0 Å². The third-order valence-corrected chi connectivity index (χ3v) is 5.26. The van der Waals surface area contributed by atoms with E-state index in [1.54, 1.807) is 11.3 Å². The zero-order valence-corrected chi connectivity index (χ0v) is 13.5. The van der Waals surface area contributed by atoms with E-state index in [0.29, 0.717) is 5.41 Å². The fourth-order valence-electron chi connectivity index (χ4n) is 3.49. The normalized spacial score (nSPS) is 18.3. The molecule has 0 saturated heterocycles. The molecule has 1 aliphatic rings. The first-order valence-corrected chi connectivity index (χ1v) is 8.65.